The molecule has 3 rings (SSSR count). The van der Waals surface area contributed by atoms with Crippen molar-refractivity contribution in [3.63, 3.8) is 0 Å². The lowest BCUT2D eigenvalue weighted by molar-refractivity contribution is -0.143. The molecule has 1 N–H and O–H groups in total. The van der Waals surface area contributed by atoms with E-state index in [1.165, 1.54) is 5.56 Å². The summed E-state index contributed by atoms with van der Waals surface area (Å²) >= 11 is 0. The van der Waals surface area contributed by atoms with Gasteiger partial charge in [-0.1, -0.05) is 42.5 Å². The first-order chi connectivity index (χ1) is 11.7. The number of aliphatic carboxylic acids is 1. The lowest BCUT2D eigenvalue weighted by Crippen LogP contribution is -2.41. The van der Waals surface area contributed by atoms with Crippen molar-refractivity contribution < 1.29 is 14.6 Å². The van der Waals surface area contributed by atoms with Gasteiger partial charge in [-0.25, -0.2) is 0 Å². The second kappa shape index (κ2) is 7.49. The molecule has 0 amide bonds. The van der Waals surface area contributed by atoms with E-state index in [-0.39, 0.29) is 12.0 Å². The molecule has 0 radical (unpaired) electrons. The van der Waals surface area contributed by atoms with E-state index in [2.05, 4.69) is 29.2 Å². The van der Waals surface area contributed by atoms with E-state index in [0.29, 0.717) is 6.54 Å². The van der Waals surface area contributed by atoms with Crippen molar-refractivity contribution in [2.45, 2.75) is 18.9 Å². The fourth-order valence-electron chi connectivity index (χ4n) is 3.48. The van der Waals surface area contributed by atoms with E-state index >= 15 is 0 Å². The quantitative estimate of drug-likeness (QED) is 0.913. The molecular weight excluding hydrogens is 302 g/mol. The highest BCUT2D eigenvalue weighted by atomic mass is 16.5. The number of hydrogen-bond donors (Lipinski definition) is 1. The molecule has 0 saturated carbocycles. The topological polar surface area (TPSA) is 49.8 Å². The van der Waals surface area contributed by atoms with Crippen molar-refractivity contribution >= 4 is 5.97 Å². The van der Waals surface area contributed by atoms with E-state index in [9.17, 15) is 9.90 Å². The zero-order valence-electron chi connectivity index (χ0n) is 13.9. The smallest absolute Gasteiger partial charge is 0.307 e. The lowest BCUT2D eigenvalue weighted by atomic mass is 9.91. The van der Waals surface area contributed by atoms with Crippen LogP contribution in [0.15, 0.2) is 54.6 Å². The van der Waals surface area contributed by atoms with Crippen LogP contribution in [0.5, 0.6) is 5.75 Å². The summed E-state index contributed by atoms with van der Waals surface area (Å²) in [5.74, 6) is -0.155. The predicted octanol–water partition coefficient (Wildman–Crippen LogP) is 3.58. The van der Waals surface area contributed by atoms with Crippen molar-refractivity contribution in [3.05, 3.63) is 65.7 Å². The molecule has 0 spiro atoms. The van der Waals surface area contributed by atoms with Gasteiger partial charge in [0, 0.05) is 6.54 Å². The fourth-order valence-corrected chi connectivity index (χ4v) is 3.48. The molecule has 1 aliphatic rings. The number of hydrogen-bond acceptors (Lipinski definition) is 3. The van der Waals surface area contributed by atoms with Crippen LogP contribution in [0.1, 0.15) is 30.0 Å². The third-order valence-electron chi connectivity index (χ3n) is 4.71. The maximum atomic E-state index is 11.4. The van der Waals surface area contributed by atoms with Crippen molar-refractivity contribution in [2.24, 2.45) is 5.92 Å². The van der Waals surface area contributed by atoms with Crippen LogP contribution < -0.4 is 4.74 Å². The summed E-state index contributed by atoms with van der Waals surface area (Å²) in [6.45, 7) is 1.50. The van der Waals surface area contributed by atoms with Gasteiger partial charge >= 0.3 is 5.97 Å². The van der Waals surface area contributed by atoms with Crippen molar-refractivity contribution in [1.29, 1.82) is 0 Å². The largest absolute Gasteiger partial charge is 0.497 e. The van der Waals surface area contributed by atoms with Crippen molar-refractivity contribution in [1.82, 2.24) is 4.90 Å². The summed E-state index contributed by atoms with van der Waals surface area (Å²) in [5, 5.41) is 9.40. The number of piperidine rings is 1. The third-order valence-corrected chi connectivity index (χ3v) is 4.71. The van der Waals surface area contributed by atoms with Crippen LogP contribution in [0.25, 0.3) is 0 Å². The first kappa shape index (κ1) is 16.5. The molecule has 0 bridgehead atoms. The van der Waals surface area contributed by atoms with Gasteiger partial charge in [0.2, 0.25) is 0 Å². The van der Waals surface area contributed by atoms with E-state index in [0.717, 1.165) is 30.7 Å². The average molecular weight is 325 g/mol. The molecular formula is C20H23NO3. The summed E-state index contributed by atoms with van der Waals surface area (Å²) in [6, 6.07) is 18.4. The zero-order chi connectivity index (χ0) is 16.9. The molecule has 2 aromatic rings. The van der Waals surface area contributed by atoms with Crippen LogP contribution in [0, 0.1) is 5.92 Å². The van der Waals surface area contributed by atoms with Crippen LogP contribution >= 0.6 is 0 Å². The number of methoxy groups -OCH3 is 1. The van der Waals surface area contributed by atoms with Gasteiger partial charge in [-0.2, -0.15) is 0 Å². The Kier molecular flexibility index (Phi) is 5.16. The first-order valence-corrected chi connectivity index (χ1v) is 8.35. The summed E-state index contributed by atoms with van der Waals surface area (Å²) in [5.41, 5.74) is 2.35. The van der Waals surface area contributed by atoms with Gasteiger partial charge in [-0.15, -0.1) is 0 Å². The number of rotatable bonds is 5. The van der Waals surface area contributed by atoms with Gasteiger partial charge < -0.3 is 9.84 Å². The Morgan fingerprint density at radius 1 is 1.12 bits per heavy atom. The van der Waals surface area contributed by atoms with E-state index < -0.39 is 5.97 Å². The van der Waals surface area contributed by atoms with Gasteiger partial charge in [0.25, 0.3) is 0 Å². The molecule has 1 fully saturated rings. The van der Waals surface area contributed by atoms with Gasteiger partial charge in [0.15, 0.2) is 0 Å². The summed E-state index contributed by atoms with van der Waals surface area (Å²) in [6.07, 6.45) is 1.67. The molecule has 126 valence electrons. The number of carbonyl (C=O) groups is 1. The fraction of sp³-hybridized carbons (Fsp3) is 0.350. The number of benzene rings is 2. The Labute approximate surface area is 142 Å². The highest BCUT2D eigenvalue weighted by Gasteiger charge is 2.31. The number of carboxylic acid groups (broad SMARTS) is 1. The molecule has 4 nitrogen and oxygen atoms in total. The SMILES string of the molecule is COc1ccc(C(c2ccccc2)N2CCCC(C(=O)O)C2)cc1. The van der Waals surface area contributed by atoms with Gasteiger partial charge in [-0.05, 0) is 42.6 Å². The minimum Gasteiger partial charge on any atom is -0.497 e. The number of ether oxygens (including phenoxy) is 1. The maximum Gasteiger partial charge on any atom is 0.307 e. The van der Waals surface area contributed by atoms with E-state index in [1.807, 2.05) is 30.3 Å². The molecule has 0 aliphatic carbocycles. The highest BCUT2D eigenvalue weighted by molar-refractivity contribution is 5.70. The average Bonchev–Trinajstić information content (AvgIpc) is 2.64. The summed E-state index contributed by atoms with van der Waals surface area (Å²) in [4.78, 5) is 13.7. The molecule has 1 saturated heterocycles. The number of carboxylic acids is 1. The standard InChI is InChI=1S/C20H23NO3/c1-24-18-11-9-16(10-12-18)19(15-6-3-2-4-7-15)21-13-5-8-17(14-21)20(22)23/h2-4,6-7,9-12,17,19H,5,8,13-14H2,1H3,(H,22,23). The maximum absolute atomic E-state index is 11.4. The first-order valence-electron chi connectivity index (χ1n) is 8.35. The molecule has 24 heavy (non-hydrogen) atoms. The molecule has 0 aromatic heterocycles. The van der Waals surface area contributed by atoms with Gasteiger partial charge in [0.05, 0.1) is 19.1 Å². The Morgan fingerprint density at radius 3 is 2.42 bits per heavy atom. The molecule has 1 aliphatic heterocycles. The second-order valence-corrected chi connectivity index (χ2v) is 6.26. The Hall–Kier alpha value is -2.33. The van der Waals surface area contributed by atoms with Crippen molar-refractivity contribution in [3.8, 4) is 5.75 Å². The predicted molar refractivity (Wildman–Crippen MR) is 93.2 cm³/mol. The van der Waals surface area contributed by atoms with Crippen LogP contribution in [0.4, 0.5) is 0 Å². The Balaban J connectivity index is 1.94. The molecule has 2 unspecified atom stereocenters. The summed E-state index contributed by atoms with van der Waals surface area (Å²) < 4.78 is 5.26. The minimum atomic E-state index is -0.693. The second-order valence-electron chi connectivity index (χ2n) is 6.26. The summed E-state index contributed by atoms with van der Waals surface area (Å²) in [7, 11) is 1.66. The number of likely N-dealkylation sites (tertiary alicyclic amines) is 1. The van der Waals surface area contributed by atoms with E-state index in [1.54, 1.807) is 7.11 Å². The number of nitrogens with zero attached hydrogens (tertiary/aromatic N) is 1. The van der Waals surface area contributed by atoms with Gasteiger partial charge in [0.1, 0.15) is 5.75 Å². The van der Waals surface area contributed by atoms with E-state index in [4.69, 9.17) is 4.74 Å². The Morgan fingerprint density at radius 2 is 1.79 bits per heavy atom. The zero-order valence-corrected chi connectivity index (χ0v) is 13.9. The van der Waals surface area contributed by atoms with Crippen LogP contribution in [-0.2, 0) is 4.79 Å². The van der Waals surface area contributed by atoms with Gasteiger partial charge in [-0.3, -0.25) is 9.69 Å². The lowest BCUT2D eigenvalue weighted by Gasteiger charge is -2.37. The van der Waals surface area contributed by atoms with Crippen LogP contribution in [0.3, 0.4) is 0 Å². The molecule has 1 heterocycles. The normalized spacial score (nSPS) is 19.6. The van der Waals surface area contributed by atoms with Crippen LogP contribution in [-0.4, -0.2) is 36.2 Å². The van der Waals surface area contributed by atoms with Crippen molar-refractivity contribution in [2.75, 3.05) is 20.2 Å². The minimum absolute atomic E-state index is 0.0688. The molecule has 2 aromatic carbocycles. The molecule has 2 atom stereocenters. The monoisotopic (exact) mass is 325 g/mol. The van der Waals surface area contributed by atoms with Crippen LogP contribution in [0.2, 0.25) is 0 Å². The molecule has 4 heteroatoms. The Bertz CT molecular complexity index is 669. The highest BCUT2D eigenvalue weighted by Crippen LogP contribution is 2.33. The third kappa shape index (κ3) is 3.60.